The molecule has 0 amide bonds. The first kappa shape index (κ1) is 21.1. The molecular weight excluding hydrogens is 406 g/mol. The van der Waals surface area contributed by atoms with Crippen molar-refractivity contribution in [2.45, 2.75) is 44.7 Å². The predicted octanol–water partition coefficient (Wildman–Crippen LogP) is 5.58. The number of anilines is 1. The molecule has 0 saturated carbocycles. The Balaban J connectivity index is 1.78. The van der Waals surface area contributed by atoms with Gasteiger partial charge in [-0.1, -0.05) is 56.3 Å². The zero-order valence-corrected chi connectivity index (χ0v) is 18.9. The Morgan fingerprint density at radius 2 is 1.65 bits per heavy atom. The van der Waals surface area contributed by atoms with Crippen molar-refractivity contribution in [2.24, 2.45) is 0 Å². The molecule has 0 aliphatic heterocycles. The zero-order chi connectivity index (χ0) is 22.0. The first-order chi connectivity index (χ1) is 14.9. The van der Waals surface area contributed by atoms with Gasteiger partial charge in [-0.05, 0) is 59.5 Å². The second-order valence-electron chi connectivity index (χ2n) is 7.93. The molecule has 1 aromatic heterocycles. The van der Waals surface area contributed by atoms with Crippen LogP contribution in [-0.2, 0) is 23.1 Å². The topological polar surface area (TPSA) is 55.2 Å². The van der Waals surface area contributed by atoms with E-state index in [4.69, 9.17) is 0 Å². The van der Waals surface area contributed by atoms with Crippen molar-refractivity contribution in [1.29, 1.82) is 0 Å². The molecule has 3 aromatic carbocycles. The highest BCUT2D eigenvalue weighted by Crippen LogP contribution is 2.29. The number of sulfonamides is 1. The number of benzene rings is 3. The van der Waals surface area contributed by atoms with Crippen molar-refractivity contribution in [1.82, 2.24) is 9.78 Å². The fraction of sp³-hybridized carbons (Fsp3) is 0.240. The Hall–Kier alpha value is -3.12. The van der Waals surface area contributed by atoms with E-state index < -0.39 is 10.0 Å². The van der Waals surface area contributed by atoms with Gasteiger partial charge in [0.05, 0.1) is 22.8 Å². The third-order valence-electron chi connectivity index (χ3n) is 5.48. The van der Waals surface area contributed by atoms with Gasteiger partial charge in [-0.3, -0.25) is 8.99 Å². The van der Waals surface area contributed by atoms with Crippen LogP contribution >= 0.6 is 0 Å². The lowest BCUT2D eigenvalue weighted by atomic mass is 10.0. The predicted molar refractivity (Wildman–Crippen MR) is 126 cm³/mol. The molecule has 0 aliphatic rings. The van der Waals surface area contributed by atoms with Gasteiger partial charge in [0.25, 0.3) is 10.0 Å². The molecule has 5 nitrogen and oxygen atoms in total. The second-order valence-corrected chi connectivity index (χ2v) is 9.79. The van der Waals surface area contributed by atoms with Crippen molar-refractivity contribution in [3.63, 3.8) is 0 Å². The molecule has 0 fully saturated rings. The lowest BCUT2D eigenvalue weighted by molar-refractivity contribution is 0.588. The van der Waals surface area contributed by atoms with Gasteiger partial charge in [0.2, 0.25) is 0 Å². The lowest BCUT2D eigenvalue weighted by Crippen LogP contribution is -2.31. The first-order valence-corrected chi connectivity index (χ1v) is 12.0. The van der Waals surface area contributed by atoms with E-state index in [0.717, 1.165) is 17.3 Å². The molecule has 6 heteroatoms. The van der Waals surface area contributed by atoms with Crippen molar-refractivity contribution < 1.29 is 8.42 Å². The Morgan fingerprint density at radius 3 is 2.29 bits per heavy atom. The molecule has 4 rings (SSSR count). The summed E-state index contributed by atoms with van der Waals surface area (Å²) in [4.78, 5) is 0.272. The molecule has 0 spiro atoms. The standard InChI is InChI=1S/C25H27N3O2S/c1-4-27-16-15-23(26-27)18-28(24-12-9-20(10-13-24)19(2)3)31(29,30)25-14-11-21-7-5-6-8-22(21)17-25/h5-17,19H,4,18H2,1-3H3. The Morgan fingerprint density at radius 1 is 0.935 bits per heavy atom. The summed E-state index contributed by atoms with van der Waals surface area (Å²) in [6.45, 7) is 7.15. The van der Waals surface area contributed by atoms with E-state index in [1.54, 1.807) is 16.8 Å². The van der Waals surface area contributed by atoms with Crippen LogP contribution < -0.4 is 4.31 Å². The van der Waals surface area contributed by atoms with Crippen LogP contribution in [-0.4, -0.2) is 18.2 Å². The number of hydrogen-bond donors (Lipinski definition) is 0. The van der Waals surface area contributed by atoms with Gasteiger partial charge in [-0.2, -0.15) is 5.10 Å². The average molecular weight is 434 g/mol. The third kappa shape index (κ3) is 4.35. The SMILES string of the molecule is CCn1ccc(CN(c2ccc(C(C)C)cc2)S(=O)(=O)c2ccc3ccccc3c2)n1. The maximum Gasteiger partial charge on any atom is 0.264 e. The molecule has 1 heterocycles. The molecular formula is C25H27N3O2S. The maximum atomic E-state index is 13.8. The van der Waals surface area contributed by atoms with Crippen LogP contribution in [0.2, 0.25) is 0 Å². The van der Waals surface area contributed by atoms with Gasteiger partial charge >= 0.3 is 0 Å². The highest BCUT2D eigenvalue weighted by molar-refractivity contribution is 7.92. The van der Waals surface area contributed by atoms with Crippen molar-refractivity contribution >= 4 is 26.5 Å². The van der Waals surface area contributed by atoms with Gasteiger partial charge in [0, 0.05) is 12.7 Å². The van der Waals surface area contributed by atoms with Crippen molar-refractivity contribution in [3.8, 4) is 0 Å². The number of nitrogens with zero attached hydrogens (tertiary/aromatic N) is 3. The summed E-state index contributed by atoms with van der Waals surface area (Å²) in [6, 6.07) is 22.7. The maximum absolute atomic E-state index is 13.8. The summed E-state index contributed by atoms with van der Waals surface area (Å²) in [5, 5.41) is 6.41. The van der Waals surface area contributed by atoms with Gasteiger partial charge in [0.15, 0.2) is 0 Å². The van der Waals surface area contributed by atoms with Crippen LogP contribution in [0.15, 0.2) is 83.9 Å². The monoisotopic (exact) mass is 433 g/mol. The normalized spacial score (nSPS) is 11.9. The van der Waals surface area contributed by atoms with Crippen LogP contribution in [0.25, 0.3) is 10.8 Å². The number of rotatable bonds is 7. The molecule has 0 atom stereocenters. The molecule has 4 aromatic rings. The fourth-order valence-electron chi connectivity index (χ4n) is 3.61. The van der Waals surface area contributed by atoms with E-state index in [9.17, 15) is 8.42 Å². The molecule has 31 heavy (non-hydrogen) atoms. The van der Waals surface area contributed by atoms with E-state index in [1.807, 2.05) is 73.8 Å². The largest absolute Gasteiger partial charge is 0.273 e. The van der Waals surface area contributed by atoms with Gasteiger partial charge in [0.1, 0.15) is 0 Å². The third-order valence-corrected chi connectivity index (χ3v) is 7.25. The minimum absolute atomic E-state index is 0.170. The number of aryl methyl sites for hydroxylation is 1. The van der Waals surface area contributed by atoms with E-state index in [1.165, 1.54) is 9.87 Å². The quantitative estimate of drug-likeness (QED) is 0.383. The molecule has 0 N–H and O–H groups in total. The summed E-state index contributed by atoms with van der Waals surface area (Å²) in [5.74, 6) is 0.375. The summed E-state index contributed by atoms with van der Waals surface area (Å²) < 4.78 is 30.8. The van der Waals surface area contributed by atoms with E-state index in [0.29, 0.717) is 17.3 Å². The van der Waals surface area contributed by atoms with Crippen molar-refractivity contribution in [2.75, 3.05) is 4.31 Å². The minimum Gasteiger partial charge on any atom is -0.273 e. The van der Waals surface area contributed by atoms with Crippen molar-refractivity contribution in [3.05, 3.63) is 90.3 Å². The second kappa shape index (κ2) is 8.55. The number of fused-ring (bicyclic) bond motifs is 1. The molecule has 0 aliphatic carbocycles. The summed E-state index contributed by atoms with van der Waals surface area (Å²) in [7, 11) is -3.79. The van der Waals surface area contributed by atoms with Crippen LogP contribution in [0.1, 0.15) is 37.9 Å². The Kier molecular flexibility index (Phi) is 5.83. The van der Waals surface area contributed by atoms with E-state index >= 15 is 0 Å². The van der Waals surface area contributed by atoms with E-state index in [-0.39, 0.29) is 11.4 Å². The fourth-order valence-corrected chi connectivity index (χ4v) is 5.08. The zero-order valence-electron chi connectivity index (χ0n) is 18.1. The summed E-state index contributed by atoms with van der Waals surface area (Å²) in [5.41, 5.74) is 2.50. The Bertz CT molecular complexity index is 1290. The Labute approximate surface area is 184 Å². The van der Waals surface area contributed by atoms with Gasteiger partial charge in [-0.25, -0.2) is 8.42 Å². The molecule has 0 saturated heterocycles. The van der Waals surface area contributed by atoms with Crippen LogP contribution in [0.4, 0.5) is 5.69 Å². The highest BCUT2D eigenvalue weighted by Gasteiger charge is 2.26. The lowest BCUT2D eigenvalue weighted by Gasteiger charge is -2.24. The van der Waals surface area contributed by atoms with Crippen LogP contribution in [0.3, 0.4) is 0 Å². The summed E-state index contributed by atoms with van der Waals surface area (Å²) in [6.07, 6.45) is 1.87. The molecule has 0 unspecified atom stereocenters. The molecule has 0 bridgehead atoms. The summed E-state index contributed by atoms with van der Waals surface area (Å²) >= 11 is 0. The van der Waals surface area contributed by atoms with E-state index in [2.05, 4.69) is 18.9 Å². The first-order valence-electron chi connectivity index (χ1n) is 10.5. The molecule has 160 valence electrons. The highest BCUT2D eigenvalue weighted by atomic mass is 32.2. The van der Waals surface area contributed by atoms with Gasteiger partial charge in [-0.15, -0.1) is 0 Å². The average Bonchev–Trinajstić information content (AvgIpc) is 3.25. The minimum atomic E-state index is -3.79. The van der Waals surface area contributed by atoms with Gasteiger partial charge < -0.3 is 0 Å². The number of hydrogen-bond acceptors (Lipinski definition) is 3. The van der Waals surface area contributed by atoms with Crippen LogP contribution in [0, 0.1) is 0 Å². The van der Waals surface area contributed by atoms with Crippen LogP contribution in [0.5, 0.6) is 0 Å². The molecule has 0 radical (unpaired) electrons. The number of aromatic nitrogens is 2. The smallest absolute Gasteiger partial charge is 0.264 e.